The van der Waals surface area contributed by atoms with E-state index in [1.54, 1.807) is 30.3 Å². The van der Waals surface area contributed by atoms with E-state index in [-0.39, 0.29) is 10.6 Å². The highest BCUT2D eigenvalue weighted by Crippen LogP contribution is 2.30. The average molecular weight is 449 g/mol. The summed E-state index contributed by atoms with van der Waals surface area (Å²) < 4.78 is 28.2. The minimum absolute atomic E-state index is 0.0612. The molecule has 0 aliphatic rings. The molecule has 30 heavy (non-hydrogen) atoms. The number of aryl methyl sites for hydroxylation is 1. The lowest BCUT2D eigenvalue weighted by Crippen LogP contribution is -2.22. The molecule has 0 N–H and O–H groups in total. The normalized spacial score (nSPS) is 12.0. The van der Waals surface area contributed by atoms with Crippen LogP contribution in [0, 0.1) is 10.1 Å². The molecule has 0 bridgehead atoms. The van der Waals surface area contributed by atoms with Crippen molar-refractivity contribution in [3.8, 4) is 0 Å². The van der Waals surface area contributed by atoms with Crippen LogP contribution in [0.4, 0.5) is 5.69 Å². The van der Waals surface area contributed by atoms with Crippen LogP contribution in [0.1, 0.15) is 25.3 Å². The van der Waals surface area contributed by atoms with E-state index in [0.717, 1.165) is 35.6 Å². The maximum absolute atomic E-state index is 12.5. The summed E-state index contributed by atoms with van der Waals surface area (Å²) in [4.78, 5) is 15.5. The molecule has 0 unspecified atom stereocenters. The maximum Gasteiger partial charge on any atom is 0.269 e. The molecule has 0 aliphatic heterocycles. The Hall–Kier alpha value is -2.43. The Kier molecular flexibility index (Phi) is 6.79. The molecule has 0 saturated heterocycles. The van der Waals surface area contributed by atoms with Crippen molar-refractivity contribution in [1.82, 2.24) is 13.9 Å². The lowest BCUT2D eigenvalue weighted by Gasteiger charge is -2.11. The van der Waals surface area contributed by atoms with E-state index in [1.165, 1.54) is 36.2 Å². The number of imidazole rings is 1. The molecule has 0 radical (unpaired) electrons. The molecule has 3 rings (SSSR count). The highest BCUT2D eigenvalue weighted by molar-refractivity contribution is 7.98. The van der Waals surface area contributed by atoms with Crippen molar-refractivity contribution in [2.45, 2.75) is 42.1 Å². The maximum atomic E-state index is 12.5. The summed E-state index contributed by atoms with van der Waals surface area (Å²) >= 11 is 1.49. The molecule has 0 atom stereocenters. The van der Waals surface area contributed by atoms with Gasteiger partial charge in [0.25, 0.3) is 5.69 Å². The Morgan fingerprint density at radius 1 is 1.20 bits per heavy atom. The number of non-ortho nitro benzene ring substituents is 1. The van der Waals surface area contributed by atoms with Gasteiger partial charge in [0.2, 0.25) is 10.0 Å². The summed E-state index contributed by atoms with van der Waals surface area (Å²) in [5, 5.41) is 11.8. The standard InChI is InChI=1S/C20H24N4O4S2/c1-4-5-11-23-19-10-9-17(30(27,28)22(2)3)13-18(19)21-20(23)29-14-15-7-6-8-16(12-15)24(25)26/h6-10,12-13H,4-5,11,14H2,1-3H3. The van der Waals surface area contributed by atoms with E-state index < -0.39 is 14.9 Å². The summed E-state index contributed by atoms with van der Waals surface area (Å²) in [7, 11) is -0.544. The molecule has 0 spiro atoms. The number of hydrogen-bond donors (Lipinski definition) is 0. The van der Waals surface area contributed by atoms with E-state index in [0.29, 0.717) is 11.3 Å². The van der Waals surface area contributed by atoms with Crippen molar-refractivity contribution >= 4 is 38.5 Å². The Morgan fingerprint density at radius 3 is 2.63 bits per heavy atom. The molecule has 1 heterocycles. The molecule has 10 heteroatoms. The molecule has 3 aromatic rings. The molecular weight excluding hydrogens is 424 g/mol. The van der Waals surface area contributed by atoms with Crippen molar-refractivity contribution in [3.05, 3.63) is 58.1 Å². The van der Waals surface area contributed by atoms with Gasteiger partial charge in [-0.05, 0) is 30.2 Å². The Morgan fingerprint density at radius 2 is 1.97 bits per heavy atom. The number of thioether (sulfide) groups is 1. The van der Waals surface area contributed by atoms with Gasteiger partial charge >= 0.3 is 0 Å². The van der Waals surface area contributed by atoms with Gasteiger partial charge in [-0.15, -0.1) is 0 Å². The van der Waals surface area contributed by atoms with E-state index in [1.807, 2.05) is 6.07 Å². The number of sulfonamides is 1. The predicted molar refractivity (Wildman–Crippen MR) is 118 cm³/mol. The van der Waals surface area contributed by atoms with Gasteiger partial charge in [0.05, 0.1) is 20.9 Å². The van der Waals surface area contributed by atoms with Gasteiger partial charge in [0, 0.05) is 38.5 Å². The van der Waals surface area contributed by atoms with Gasteiger partial charge < -0.3 is 4.57 Å². The first-order chi connectivity index (χ1) is 14.2. The van der Waals surface area contributed by atoms with Gasteiger partial charge in [-0.25, -0.2) is 17.7 Å². The fourth-order valence-electron chi connectivity index (χ4n) is 3.01. The molecule has 0 amide bonds. The molecule has 0 fully saturated rings. The van der Waals surface area contributed by atoms with Crippen LogP contribution >= 0.6 is 11.8 Å². The van der Waals surface area contributed by atoms with E-state index in [4.69, 9.17) is 0 Å². The number of nitrogens with zero attached hydrogens (tertiary/aromatic N) is 4. The van der Waals surface area contributed by atoms with Crippen molar-refractivity contribution in [2.75, 3.05) is 14.1 Å². The topological polar surface area (TPSA) is 98.3 Å². The summed E-state index contributed by atoms with van der Waals surface area (Å²) in [5.41, 5.74) is 2.39. The quantitative estimate of drug-likeness (QED) is 0.275. The fraction of sp³-hybridized carbons (Fsp3) is 0.350. The van der Waals surface area contributed by atoms with E-state index >= 15 is 0 Å². The van der Waals surface area contributed by atoms with Crippen LogP contribution < -0.4 is 0 Å². The molecule has 0 aliphatic carbocycles. The summed E-state index contributed by atoms with van der Waals surface area (Å²) in [6.07, 6.45) is 1.98. The Balaban J connectivity index is 1.96. The number of hydrogen-bond acceptors (Lipinski definition) is 6. The number of rotatable bonds is 9. The van der Waals surface area contributed by atoms with Crippen LogP contribution in [0.2, 0.25) is 0 Å². The number of unbranched alkanes of at least 4 members (excludes halogenated alkanes) is 1. The molecule has 2 aromatic carbocycles. The molecule has 160 valence electrons. The molecule has 0 saturated carbocycles. The summed E-state index contributed by atoms with van der Waals surface area (Å²) in [6, 6.07) is 11.6. The van der Waals surface area contributed by atoms with Crippen LogP contribution in [0.25, 0.3) is 11.0 Å². The van der Waals surface area contributed by atoms with Crippen LogP contribution in [-0.2, 0) is 22.3 Å². The SMILES string of the molecule is CCCCn1c(SCc2cccc([N+](=O)[O-])c2)nc2cc(S(=O)(=O)N(C)C)ccc21. The second-order valence-electron chi connectivity index (χ2n) is 7.05. The highest BCUT2D eigenvalue weighted by atomic mass is 32.2. The Bertz CT molecular complexity index is 1170. The van der Waals surface area contributed by atoms with Crippen LogP contribution in [0.15, 0.2) is 52.5 Å². The zero-order valence-electron chi connectivity index (χ0n) is 17.1. The first-order valence-corrected chi connectivity index (χ1v) is 12.0. The third-order valence-electron chi connectivity index (χ3n) is 4.69. The number of nitro groups is 1. The molecular formula is C20H24N4O4S2. The van der Waals surface area contributed by atoms with Gasteiger partial charge in [0.15, 0.2) is 5.16 Å². The van der Waals surface area contributed by atoms with Gasteiger partial charge in [-0.1, -0.05) is 37.2 Å². The average Bonchev–Trinajstić information content (AvgIpc) is 3.07. The van der Waals surface area contributed by atoms with Crippen molar-refractivity contribution < 1.29 is 13.3 Å². The third-order valence-corrected chi connectivity index (χ3v) is 7.55. The third kappa shape index (κ3) is 4.66. The van der Waals surface area contributed by atoms with Crippen molar-refractivity contribution in [2.24, 2.45) is 0 Å². The predicted octanol–water partition coefficient (Wildman–Crippen LogP) is 4.29. The van der Waals surface area contributed by atoms with Crippen molar-refractivity contribution in [3.63, 3.8) is 0 Å². The van der Waals surface area contributed by atoms with Crippen LogP contribution in [-0.4, -0.2) is 41.3 Å². The summed E-state index contributed by atoms with van der Waals surface area (Å²) in [6.45, 7) is 2.88. The van der Waals surface area contributed by atoms with Gasteiger partial charge in [-0.3, -0.25) is 10.1 Å². The number of aromatic nitrogens is 2. The largest absolute Gasteiger partial charge is 0.319 e. The zero-order chi connectivity index (χ0) is 21.9. The molecule has 8 nitrogen and oxygen atoms in total. The minimum Gasteiger partial charge on any atom is -0.319 e. The van der Waals surface area contributed by atoms with Crippen molar-refractivity contribution in [1.29, 1.82) is 0 Å². The fourth-order valence-corrected chi connectivity index (χ4v) is 4.91. The number of nitro benzene ring substituents is 1. The van der Waals surface area contributed by atoms with Gasteiger partial charge in [-0.2, -0.15) is 0 Å². The summed E-state index contributed by atoms with van der Waals surface area (Å²) in [5.74, 6) is 0.528. The number of fused-ring (bicyclic) bond motifs is 1. The van der Waals surface area contributed by atoms with Crippen LogP contribution in [0.5, 0.6) is 0 Å². The smallest absolute Gasteiger partial charge is 0.269 e. The second-order valence-corrected chi connectivity index (χ2v) is 10.1. The monoisotopic (exact) mass is 448 g/mol. The minimum atomic E-state index is -3.54. The first kappa shape index (κ1) is 22.3. The lowest BCUT2D eigenvalue weighted by molar-refractivity contribution is -0.384. The van der Waals surface area contributed by atoms with E-state index in [9.17, 15) is 18.5 Å². The number of benzene rings is 2. The lowest BCUT2D eigenvalue weighted by atomic mass is 10.2. The molecule has 1 aromatic heterocycles. The Labute approximate surface area is 180 Å². The van der Waals surface area contributed by atoms with Gasteiger partial charge in [0.1, 0.15) is 0 Å². The first-order valence-electron chi connectivity index (χ1n) is 9.53. The zero-order valence-corrected chi connectivity index (χ0v) is 18.7. The van der Waals surface area contributed by atoms with E-state index in [2.05, 4.69) is 16.5 Å². The van der Waals surface area contributed by atoms with Crippen LogP contribution in [0.3, 0.4) is 0 Å². The highest BCUT2D eigenvalue weighted by Gasteiger charge is 2.20. The second kappa shape index (κ2) is 9.15.